The second kappa shape index (κ2) is 7.79. The molecule has 0 saturated carbocycles. The summed E-state index contributed by atoms with van der Waals surface area (Å²) in [5.41, 5.74) is 6.93. The minimum atomic E-state index is -1.06. The Morgan fingerprint density at radius 2 is 1.77 bits per heavy atom. The van der Waals surface area contributed by atoms with Crippen LogP contribution in [0.3, 0.4) is 0 Å². The summed E-state index contributed by atoms with van der Waals surface area (Å²) in [6, 6.07) is 14.8. The van der Waals surface area contributed by atoms with E-state index in [0.29, 0.717) is 23.7 Å². The lowest BCUT2D eigenvalue weighted by molar-refractivity contribution is 0.0241. The van der Waals surface area contributed by atoms with E-state index in [4.69, 9.17) is 15.2 Å². The van der Waals surface area contributed by atoms with Gasteiger partial charge in [-0.2, -0.15) is 0 Å². The maximum Gasteiger partial charge on any atom is 0.162 e. The highest BCUT2D eigenvalue weighted by molar-refractivity contribution is 5.44. The number of nitrogens with two attached hydrogens (primary N) is 1. The Balaban J connectivity index is 2.17. The first-order chi connectivity index (χ1) is 10.7. The molecule has 0 aliphatic rings. The van der Waals surface area contributed by atoms with E-state index in [9.17, 15) is 10.2 Å². The Hall–Kier alpha value is -2.08. The molecule has 0 spiro atoms. The molecule has 0 radical (unpaired) electrons. The fourth-order valence-electron chi connectivity index (χ4n) is 2.08. The van der Waals surface area contributed by atoms with Gasteiger partial charge in [-0.3, -0.25) is 0 Å². The molecule has 0 aromatic heterocycles. The van der Waals surface area contributed by atoms with E-state index in [2.05, 4.69) is 0 Å². The summed E-state index contributed by atoms with van der Waals surface area (Å²) in [5, 5.41) is 19.7. The molecule has 2 aromatic carbocycles. The first-order valence-electron chi connectivity index (χ1n) is 7.06. The molecule has 0 amide bonds. The third-order valence-electron chi connectivity index (χ3n) is 3.37. The third kappa shape index (κ3) is 3.98. The van der Waals surface area contributed by atoms with Crippen LogP contribution in [-0.2, 0) is 6.61 Å². The van der Waals surface area contributed by atoms with Crippen molar-refractivity contribution in [3.8, 4) is 11.5 Å². The van der Waals surface area contributed by atoms with Gasteiger partial charge in [0.05, 0.1) is 13.2 Å². The van der Waals surface area contributed by atoms with E-state index < -0.39 is 12.2 Å². The standard InChI is InChI=1S/C17H21NO4/c1-21-15-8-7-13(17(20)14(19)10-18)9-16(15)22-11-12-5-3-2-4-6-12/h2-9,14,17,19-20H,10-11,18H2,1H3. The van der Waals surface area contributed by atoms with Gasteiger partial charge in [-0.1, -0.05) is 36.4 Å². The number of aliphatic hydroxyl groups excluding tert-OH is 2. The van der Waals surface area contributed by atoms with E-state index in [-0.39, 0.29) is 6.54 Å². The summed E-state index contributed by atoms with van der Waals surface area (Å²) in [7, 11) is 1.55. The van der Waals surface area contributed by atoms with Crippen LogP contribution in [0.4, 0.5) is 0 Å². The number of rotatable bonds is 7. The minimum absolute atomic E-state index is 0.0204. The fourth-order valence-corrected chi connectivity index (χ4v) is 2.08. The van der Waals surface area contributed by atoms with Gasteiger partial charge >= 0.3 is 0 Å². The molecular formula is C17H21NO4. The predicted octanol–water partition coefficient (Wildman–Crippen LogP) is 1.63. The molecule has 0 fully saturated rings. The van der Waals surface area contributed by atoms with Crippen LogP contribution in [0.1, 0.15) is 17.2 Å². The number of hydrogen-bond acceptors (Lipinski definition) is 5. The largest absolute Gasteiger partial charge is 0.493 e. The maximum atomic E-state index is 10.0. The van der Waals surface area contributed by atoms with Crippen molar-refractivity contribution in [3.63, 3.8) is 0 Å². The Bertz CT molecular complexity index is 588. The lowest BCUT2D eigenvalue weighted by atomic mass is 10.0. The van der Waals surface area contributed by atoms with Crippen molar-refractivity contribution in [2.45, 2.75) is 18.8 Å². The highest BCUT2D eigenvalue weighted by atomic mass is 16.5. The van der Waals surface area contributed by atoms with Crippen molar-refractivity contribution in [1.82, 2.24) is 0 Å². The molecule has 0 aliphatic heterocycles. The van der Waals surface area contributed by atoms with Crippen molar-refractivity contribution >= 4 is 0 Å². The smallest absolute Gasteiger partial charge is 0.162 e. The van der Waals surface area contributed by atoms with Crippen molar-refractivity contribution in [2.75, 3.05) is 13.7 Å². The van der Waals surface area contributed by atoms with Crippen LogP contribution in [0.15, 0.2) is 48.5 Å². The molecular weight excluding hydrogens is 282 g/mol. The Labute approximate surface area is 129 Å². The zero-order valence-electron chi connectivity index (χ0n) is 12.5. The van der Waals surface area contributed by atoms with Crippen molar-refractivity contribution in [3.05, 3.63) is 59.7 Å². The van der Waals surface area contributed by atoms with Gasteiger partial charge in [0.25, 0.3) is 0 Å². The van der Waals surface area contributed by atoms with Crippen LogP contribution in [0.2, 0.25) is 0 Å². The quantitative estimate of drug-likeness (QED) is 0.724. The molecule has 118 valence electrons. The highest BCUT2D eigenvalue weighted by Crippen LogP contribution is 2.31. The lowest BCUT2D eigenvalue weighted by Crippen LogP contribution is -2.27. The average Bonchev–Trinajstić information content (AvgIpc) is 2.59. The van der Waals surface area contributed by atoms with Gasteiger partial charge in [-0.25, -0.2) is 0 Å². The van der Waals surface area contributed by atoms with E-state index >= 15 is 0 Å². The molecule has 0 aliphatic carbocycles. The van der Waals surface area contributed by atoms with Crippen LogP contribution in [0.25, 0.3) is 0 Å². The van der Waals surface area contributed by atoms with Gasteiger partial charge in [-0.15, -0.1) is 0 Å². The monoisotopic (exact) mass is 303 g/mol. The molecule has 2 rings (SSSR count). The number of methoxy groups -OCH3 is 1. The van der Waals surface area contributed by atoms with Crippen LogP contribution >= 0.6 is 0 Å². The SMILES string of the molecule is COc1ccc(C(O)C(O)CN)cc1OCc1ccccc1. The fraction of sp³-hybridized carbons (Fsp3) is 0.294. The third-order valence-corrected chi connectivity index (χ3v) is 3.37. The first kappa shape index (κ1) is 16.3. The molecule has 22 heavy (non-hydrogen) atoms. The average molecular weight is 303 g/mol. The second-order valence-corrected chi connectivity index (χ2v) is 4.93. The zero-order valence-corrected chi connectivity index (χ0v) is 12.5. The van der Waals surface area contributed by atoms with Crippen molar-refractivity contribution in [1.29, 1.82) is 0 Å². The van der Waals surface area contributed by atoms with Gasteiger partial charge < -0.3 is 25.4 Å². The van der Waals surface area contributed by atoms with Crippen molar-refractivity contribution in [2.24, 2.45) is 5.73 Å². The van der Waals surface area contributed by atoms with Crippen molar-refractivity contribution < 1.29 is 19.7 Å². The summed E-state index contributed by atoms with van der Waals surface area (Å²) in [6.07, 6.45) is -2.08. The molecule has 0 heterocycles. The first-order valence-corrected chi connectivity index (χ1v) is 7.06. The Morgan fingerprint density at radius 1 is 1.05 bits per heavy atom. The summed E-state index contributed by atoms with van der Waals surface area (Å²) in [4.78, 5) is 0. The van der Waals surface area contributed by atoms with Gasteiger partial charge in [0, 0.05) is 6.54 Å². The van der Waals surface area contributed by atoms with Crippen LogP contribution < -0.4 is 15.2 Å². The Morgan fingerprint density at radius 3 is 2.41 bits per heavy atom. The number of aliphatic hydroxyl groups is 2. The highest BCUT2D eigenvalue weighted by Gasteiger charge is 2.18. The topological polar surface area (TPSA) is 84.9 Å². The molecule has 0 bridgehead atoms. The van der Waals surface area contributed by atoms with Crippen LogP contribution in [0, 0.1) is 0 Å². The molecule has 0 saturated heterocycles. The molecule has 2 atom stereocenters. The molecule has 5 nitrogen and oxygen atoms in total. The number of benzene rings is 2. The van der Waals surface area contributed by atoms with Gasteiger partial charge in [0.15, 0.2) is 11.5 Å². The van der Waals surface area contributed by atoms with E-state index in [1.807, 2.05) is 30.3 Å². The van der Waals surface area contributed by atoms with Crippen LogP contribution in [0.5, 0.6) is 11.5 Å². The van der Waals surface area contributed by atoms with E-state index in [0.717, 1.165) is 5.56 Å². The predicted molar refractivity (Wildman–Crippen MR) is 83.8 cm³/mol. The molecule has 2 aromatic rings. The Kier molecular flexibility index (Phi) is 5.77. The van der Waals surface area contributed by atoms with Gasteiger partial charge in [0.1, 0.15) is 12.7 Å². The van der Waals surface area contributed by atoms with E-state index in [1.54, 1.807) is 25.3 Å². The minimum Gasteiger partial charge on any atom is -0.493 e. The summed E-state index contributed by atoms with van der Waals surface area (Å²) in [6.45, 7) is 0.365. The van der Waals surface area contributed by atoms with Gasteiger partial charge in [-0.05, 0) is 23.3 Å². The second-order valence-electron chi connectivity index (χ2n) is 4.93. The molecule has 2 unspecified atom stereocenters. The zero-order chi connectivity index (χ0) is 15.9. The maximum absolute atomic E-state index is 10.0. The normalized spacial score (nSPS) is 13.5. The summed E-state index contributed by atoms with van der Waals surface area (Å²) in [5.74, 6) is 1.07. The van der Waals surface area contributed by atoms with E-state index in [1.165, 1.54) is 0 Å². The number of hydrogen-bond donors (Lipinski definition) is 3. The summed E-state index contributed by atoms with van der Waals surface area (Å²) >= 11 is 0. The molecule has 4 N–H and O–H groups in total. The summed E-state index contributed by atoms with van der Waals surface area (Å²) < 4.78 is 11.0. The lowest BCUT2D eigenvalue weighted by Gasteiger charge is -2.18. The van der Waals surface area contributed by atoms with Crippen LogP contribution in [-0.4, -0.2) is 30.0 Å². The van der Waals surface area contributed by atoms with Gasteiger partial charge in [0.2, 0.25) is 0 Å². The molecule has 5 heteroatoms. The number of ether oxygens (including phenoxy) is 2.